The van der Waals surface area contributed by atoms with Crippen molar-refractivity contribution in [3.8, 4) is 0 Å². The highest BCUT2D eigenvalue weighted by Crippen LogP contribution is 2.44. The van der Waals surface area contributed by atoms with Gasteiger partial charge in [0.1, 0.15) is 5.82 Å². The predicted octanol–water partition coefficient (Wildman–Crippen LogP) is 4.55. The van der Waals surface area contributed by atoms with Crippen LogP contribution in [0.3, 0.4) is 0 Å². The summed E-state index contributed by atoms with van der Waals surface area (Å²) in [5.41, 5.74) is 1.44. The Morgan fingerprint density at radius 3 is 2.68 bits per heavy atom. The van der Waals surface area contributed by atoms with Crippen LogP contribution in [0.25, 0.3) is 0 Å². The quantitative estimate of drug-likeness (QED) is 0.808. The number of benzene rings is 1. The Morgan fingerprint density at radius 1 is 1.37 bits per heavy atom. The molecule has 1 aromatic carbocycles. The van der Waals surface area contributed by atoms with Crippen LogP contribution < -0.4 is 5.32 Å². The molecule has 0 unspecified atom stereocenters. The Balaban J connectivity index is 2.00. The lowest BCUT2D eigenvalue weighted by atomic mass is 9.65. The van der Waals surface area contributed by atoms with Crippen LogP contribution in [0.4, 0.5) is 4.39 Å². The normalized spacial score (nSPS) is 17.5. The summed E-state index contributed by atoms with van der Waals surface area (Å²) < 4.78 is 14.2. The molecule has 1 fully saturated rings. The SMILES string of the molecule is CC(C)CNCC1(Cc2cccc(F)c2Br)CCC1. The molecule has 0 amide bonds. The summed E-state index contributed by atoms with van der Waals surface area (Å²) in [6, 6.07) is 5.36. The number of rotatable bonds is 6. The molecule has 0 saturated heterocycles. The molecule has 1 aliphatic carbocycles. The van der Waals surface area contributed by atoms with Gasteiger partial charge in [-0.25, -0.2) is 4.39 Å². The minimum atomic E-state index is -0.151. The molecule has 0 aliphatic heterocycles. The van der Waals surface area contributed by atoms with Crippen molar-refractivity contribution < 1.29 is 4.39 Å². The van der Waals surface area contributed by atoms with Crippen LogP contribution in [-0.2, 0) is 6.42 Å². The zero-order chi connectivity index (χ0) is 13.9. The van der Waals surface area contributed by atoms with Crippen molar-refractivity contribution in [1.29, 1.82) is 0 Å². The second-order valence-electron chi connectivity index (χ2n) is 6.27. The van der Waals surface area contributed by atoms with Gasteiger partial charge in [0.2, 0.25) is 0 Å². The zero-order valence-corrected chi connectivity index (χ0v) is 13.4. The molecule has 1 aliphatic rings. The van der Waals surface area contributed by atoms with E-state index in [2.05, 4.69) is 35.1 Å². The van der Waals surface area contributed by atoms with E-state index in [1.54, 1.807) is 0 Å². The Hall–Kier alpha value is -0.410. The van der Waals surface area contributed by atoms with Gasteiger partial charge in [-0.2, -0.15) is 0 Å². The predicted molar refractivity (Wildman–Crippen MR) is 81.8 cm³/mol. The highest BCUT2D eigenvalue weighted by molar-refractivity contribution is 9.10. The lowest BCUT2D eigenvalue weighted by Crippen LogP contribution is -2.42. The van der Waals surface area contributed by atoms with Gasteiger partial charge in [-0.15, -0.1) is 0 Å². The van der Waals surface area contributed by atoms with E-state index in [0.717, 1.165) is 25.1 Å². The molecule has 0 spiro atoms. The molecule has 106 valence electrons. The van der Waals surface area contributed by atoms with E-state index in [1.807, 2.05) is 12.1 Å². The lowest BCUT2D eigenvalue weighted by Gasteiger charge is -2.43. The highest BCUT2D eigenvalue weighted by atomic mass is 79.9. The van der Waals surface area contributed by atoms with Crippen molar-refractivity contribution >= 4 is 15.9 Å². The smallest absolute Gasteiger partial charge is 0.137 e. The van der Waals surface area contributed by atoms with Crippen LogP contribution in [0, 0.1) is 17.2 Å². The fraction of sp³-hybridized carbons (Fsp3) is 0.625. The van der Waals surface area contributed by atoms with Crippen LogP contribution in [0.1, 0.15) is 38.7 Å². The molecule has 3 heteroatoms. The second kappa shape index (κ2) is 6.36. The first kappa shape index (κ1) is 15.0. The molecule has 0 atom stereocenters. The van der Waals surface area contributed by atoms with Crippen molar-refractivity contribution in [3.63, 3.8) is 0 Å². The van der Waals surface area contributed by atoms with E-state index < -0.39 is 0 Å². The molecule has 19 heavy (non-hydrogen) atoms. The van der Waals surface area contributed by atoms with E-state index >= 15 is 0 Å². The maximum atomic E-state index is 13.6. The Morgan fingerprint density at radius 2 is 2.11 bits per heavy atom. The first-order valence-electron chi connectivity index (χ1n) is 7.16. The van der Waals surface area contributed by atoms with Crippen LogP contribution in [0.2, 0.25) is 0 Å². The topological polar surface area (TPSA) is 12.0 Å². The largest absolute Gasteiger partial charge is 0.316 e. The first-order valence-corrected chi connectivity index (χ1v) is 7.95. The summed E-state index contributed by atoms with van der Waals surface area (Å²) in [6.07, 6.45) is 4.77. The molecule has 0 bridgehead atoms. The van der Waals surface area contributed by atoms with E-state index in [0.29, 0.717) is 15.8 Å². The van der Waals surface area contributed by atoms with Crippen LogP contribution in [-0.4, -0.2) is 13.1 Å². The fourth-order valence-corrected chi connectivity index (χ4v) is 3.21. The zero-order valence-electron chi connectivity index (χ0n) is 11.8. The summed E-state index contributed by atoms with van der Waals surface area (Å²) in [5.74, 6) is 0.528. The van der Waals surface area contributed by atoms with Crippen molar-refractivity contribution in [1.82, 2.24) is 5.32 Å². The molecule has 0 aromatic heterocycles. The summed E-state index contributed by atoms with van der Waals surface area (Å²) in [7, 11) is 0. The van der Waals surface area contributed by atoms with E-state index in [1.165, 1.54) is 25.3 Å². The maximum absolute atomic E-state index is 13.6. The van der Waals surface area contributed by atoms with Crippen LogP contribution >= 0.6 is 15.9 Å². The third-order valence-electron chi connectivity index (χ3n) is 4.06. The number of hydrogen-bond acceptors (Lipinski definition) is 1. The molecule has 1 nitrogen and oxygen atoms in total. The first-order chi connectivity index (χ1) is 9.02. The van der Waals surface area contributed by atoms with Gasteiger partial charge in [0.05, 0.1) is 4.47 Å². The van der Waals surface area contributed by atoms with Crippen molar-refractivity contribution in [2.24, 2.45) is 11.3 Å². The molecule has 1 aromatic rings. The third-order valence-corrected chi connectivity index (χ3v) is 4.95. The van der Waals surface area contributed by atoms with Crippen LogP contribution in [0.5, 0.6) is 0 Å². The Labute approximate surface area is 124 Å². The highest BCUT2D eigenvalue weighted by Gasteiger charge is 2.37. The maximum Gasteiger partial charge on any atom is 0.137 e. The monoisotopic (exact) mass is 327 g/mol. The van der Waals surface area contributed by atoms with E-state index in [-0.39, 0.29) is 5.82 Å². The molecule has 2 rings (SSSR count). The van der Waals surface area contributed by atoms with Crippen molar-refractivity contribution in [3.05, 3.63) is 34.1 Å². The van der Waals surface area contributed by atoms with Crippen molar-refractivity contribution in [2.75, 3.05) is 13.1 Å². The molecule has 0 heterocycles. The van der Waals surface area contributed by atoms with Gasteiger partial charge in [-0.05, 0) is 64.7 Å². The summed E-state index contributed by atoms with van der Waals surface area (Å²) in [6.45, 7) is 6.56. The van der Waals surface area contributed by atoms with E-state index in [4.69, 9.17) is 0 Å². The van der Waals surface area contributed by atoms with Gasteiger partial charge in [0.15, 0.2) is 0 Å². The average Bonchev–Trinajstić information content (AvgIpc) is 2.31. The van der Waals surface area contributed by atoms with Gasteiger partial charge in [0.25, 0.3) is 0 Å². The minimum Gasteiger partial charge on any atom is -0.316 e. The third kappa shape index (κ3) is 3.79. The Bertz CT molecular complexity index is 427. The van der Waals surface area contributed by atoms with Gasteiger partial charge in [0, 0.05) is 6.54 Å². The number of hydrogen-bond donors (Lipinski definition) is 1. The average molecular weight is 328 g/mol. The van der Waals surface area contributed by atoms with Gasteiger partial charge in [-0.3, -0.25) is 0 Å². The summed E-state index contributed by atoms with van der Waals surface area (Å²) >= 11 is 3.38. The van der Waals surface area contributed by atoms with E-state index in [9.17, 15) is 4.39 Å². The van der Waals surface area contributed by atoms with Gasteiger partial charge < -0.3 is 5.32 Å². The number of nitrogens with one attached hydrogen (secondary N) is 1. The molecule has 1 N–H and O–H groups in total. The molecular weight excluding hydrogens is 305 g/mol. The molecular formula is C16H23BrFN. The van der Waals surface area contributed by atoms with Gasteiger partial charge >= 0.3 is 0 Å². The summed E-state index contributed by atoms with van der Waals surface area (Å²) in [5, 5.41) is 3.57. The van der Waals surface area contributed by atoms with Crippen LogP contribution in [0.15, 0.2) is 22.7 Å². The molecule has 0 radical (unpaired) electrons. The second-order valence-corrected chi connectivity index (χ2v) is 7.06. The lowest BCUT2D eigenvalue weighted by molar-refractivity contribution is 0.128. The molecule has 1 saturated carbocycles. The fourth-order valence-electron chi connectivity index (χ4n) is 2.81. The minimum absolute atomic E-state index is 0.151. The Kier molecular flexibility index (Phi) is 5.02. The van der Waals surface area contributed by atoms with Gasteiger partial charge in [-0.1, -0.05) is 32.4 Å². The van der Waals surface area contributed by atoms with Crippen molar-refractivity contribution in [2.45, 2.75) is 39.5 Å². The summed E-state index contributed by atoms with van der Waals surface area (Å²) in [4.78, 5) is 0. The number of halogens is 2. The standard InChI is InChI=1S/C16H23BrFN/c1-12(2)10-19-11-16(7-4-8-16)9-13-5-3-6-14(18)15(13)17/h3,5-6,12,19H,4,7-11H2,1-2H3.